The van der Waals surface area contributed by atoms with E-state index in [2.05, 4.69) is 15.0 Å². The van der Waals surface area contributed by atoms with Crippen molar-refractivity contribution in [2.24, 2.45) is 0 Å². The Bertz CT molecular complexity index is 729. The second-order valence-corrected chi connectivity index (χ2v) is 6.80. The van der Waals surface area contributed by atoms with E-state index in [4.69, 9.17) is 0 Å². The first kappa shape index (κ1) is 18.8. The van der Waals surface area contributed by atoms with Crippen LogP contribution in [0.2, 0.25) is 0 Å². The molecule has 1 aromatic carbocycles. The number of nitrogens with zero attached hydrogens (tertiary/aromatic N) is 2. The highest BCUT2D eigenvalue weighted by Gasteiger charge is 2.43. The van der Waals surface area contributed by atoms with Gasteiger partial charge in [0, 0.05) is 38.3 Å². The van der Waals surface area contributed by atoms with Gasteiger partial charge in [-0.05, 0) is 17.6 Å². The molecule has 1 unspecified atom stereocenters. The fourth-order valence-corrected chi connectivity index (χ4v) is 3.52. The number of alkyl halides is 3. The van der Waals surface area contributed by atoms with E-state index in [1.54, 1.807) is 6.07 Å². The molecule has 5 nitrogen and oxygen atoms in total. The second kappa shape index (κ2) is 8.15. The zero-order chi connectivity index (χ0) is 18.6. The lowest BCUT2D eigenvalue weighted by Gasteiger charge is -2.35. The topological polar surface area (TPSA) is 57.3 Å². The number of hydrogen-bond acceptors (Lipinski definition) is 5. The highest BCUT2D eigenvalue weighted by atomic mass is 32.1. The lowest BCUT2D eigenvalue weighted by atomic mass is 10.1. The van der Waals surface area contributed by atoms with Crippen molar-refractivity contribution < 1.29 is 18.0 Å². The molecule has 2 aromatic rings. The Morgan fingerprint density at radius 1 is 1.27 bits per heavy atom. The number of aromatic nitrogens is 1. The molecular formula is C17H19F3N4OS. The van der Waals surface area contributed by atoms with Gasteiger partial charge in [-0.2, -0.15) is 17.5 Å². The summed E-state index contributed by atoms with van der Waals surface area (Å²) in [5, 5.41) is 5.44. The van der Waals surface area contributed by atoms with E-state index in [1.807, 2.05) is 30.3 Å². The summed E-state index contributed by atoms with van der Waals surface area (Å²) in [6, 6.07) is 9.22. The van der Waals surface area contributed by atoms with Crippen molar-refractivity contribution in [2.75, 3.05) is 32.7 Å². The van der Waals surface area contributed by atoms with Gasteiger partial charge < -0.3 is 10.6 Å². The largest absolute Gasteiger partial charge is 0.405 e. The summed E-state index contributed by atoms with van der Waals surface area (Å²) in [7, 11) is 0. The molecule has 1 atom stereocenters. The van der Waals surface area contributed by atoms with Crippen LogP contribution in [0.5, 0.6) is 0 Å². The molecule has 0 aliphatic carbocycles. The molecule has 0 bridgehead atoms. The van der Waals surface area contributed by atoms with Crippen LogP contribution in [-0.2, 0) is 0 Å². The van der Waals surface area contributed by atoms with Crippen LogP contribution in [0.1, 0.15) is 9.67 Å². The van der Waals surface area contributed by atoms with E-state index in [0.29, 0.717) is 36.8 Å². The number of carbonyl (C=O) groups is 1. The average Bonchev–Trinajstić information content (AvgIpc) is 3.12. The molecule has 0 radical (unpaired) electrons. The summed E-state index contributed by atoms with van der Waals surface area (Å²) in [5.74, 6) is -0.533. The standard InChI is InChI=1S/C17H19F3N4OS/c18-17(19,20)15(24-8-6-21-7-9-24)11-22-16(25)14-10-13(23-26-14)12-4-2-1-3-5-12/h1-5,10,15,21H,6-9,11H2,(H,22,25). The number of nitrogens with one attached hydrogen (secondary N) is 2. The highest BCUT2D eigenvalue weighted by molar-refractivity contribution is 7.08. The minimum Gasteiger partial charge on any atom is -0.349 e. The van der Waals surface area contributed by atoms with Gasteiger partial charge in [-0.3, -0.25) is 9.69 Å². The zero-order valence-corrected chi connectivity index (χ0v) is 14.7. The normalized spacial score (nSPS) is 17.0. The van der Waals surface area contributed by atoms with E-state index in [9.17, 15) is 18.0 Å². The molecule has 3 rings (SSSR count). The van der Waals surface area contributed by atoms with Crippen LogP contribution < -0.4 is 10.6 Å². The Morgan fingerprint density at radius 2 is 1.96 bits per heavy atom. The van der Waals surface area contributed by atoms with Gasteiger partial charge in [0.25, 0.3) is 5.91 Å². The molecule has 140 valence electrons. The smallest absolute Gasteiger partial charge is 0.349 e. The predicted octanol–water partition coefficient (Wildman–Crippen LogP) is 2.38. The molecule has 1 aliphatic rings. The van der Waals surface area contributed by atoms with Crippen LogP contribution in [0.3, 0.4) is 0 Å². The molecule has 1 aliphatic heterocycles. The summed E-state index contributed by atoms with van der Waals surface area (Å²) < 4.78 is 44.3. The van der Waals surface area contributed by atoms with Gasteiger partial charge in [-0.25, -0.2) is 0 Å². The zero-order valence-electron chi connectivity index (χ0n) is 13.9. The number of hydrogen-bond donors (Lipinski definition) is 2. The maximum absolute atomic E-state index is 13.4. The Balaban J connectivity index is 1.64. The van der Waals surface area contributed by atoms with Crippen molar-refractivity contribution in [3.05, 3.63) is 41.3 Å². The quantitative estimate of drug-likeness (QED) is 0.831. The average molecular weight is 384 g/mol. The van der Waals surface area contributed by atoms with E-state index >= 15 is 0 Å². The Morgan fingerprint density at radius 3 is 2.62 bits per heavy atom. The number of benzene rings is 1. The SMILES string of the molecule is O=C(NCC(N1CCNCC1)C(F)(F)F)c1cc(-c2ccccc2)ns1. The number of rotatable bonds is 5. The number of amides is 1. The van der Waals surface area contributed by atoms with E-state index in [1.165, 1.54) is 4.90 Å². The molecule has 1 fully saturated rings. The molecule has 2 N–H and O–H groups in total. The van der Waals surface area contributed by atoms with Crippen LogP contribution >= 0.6 is 11.5 Å². The number of halogens is 3. The van der Waals surface area contributed by atoms with Crippen molar-refractivity contribution in [3.8, 4) is 11.3 Å². The summed E-state index contributed by atoms with van der Waals surface area (Å²) in [5.41, 5.74) is 1.49. The monoisotopic (exact) mass is 384 g/mol. The molecule has 2 heterocycles. The Hall–Kier alpha value is -1.97. The molecular weight excluding hydrogens is 365 g/mol. The first-order valence-corrected chi connectivity index (χ1v) is 9.04. The van der Waals surface area contributed by atoms with Crippen molar-refractivity contribution in [1.82, 2.24) is 19.9 Å². The van der Waals surface area contributed by atoms with Gasteiger partial charge in [0.2, 0.25) is 0 Å². The third kappa shape index (κ3) is 4.60. The maximum atomic E-state index is 13.4. The molecule has 1 amide bonds. The first-order chi connectivity index (χ1) is 12.4. The summed E-state index contributed by atoms with van der Waals surface area (Å²) in [4.78, 5) is 13.9. The third-order valence-electron chi connectivity index (χ3n) is 4.23. The van der Waals surface area contributed by atoms with Crippen molar-refractivity contribution in [3.63, 3.8) is 0 Å². The lowest BCUT2D eigenvalue weighted by molar-refractivity contribution is -0.183. The molecule has 9 heteroatoms. The third-order valence-corrected chi connectivity index (χ3v) is 5.02. The molecule has 26 heavy (non-hydrogen) atoms. The highest BCUT2D eigenvalue weighted by Crippen LogP contribution is 2.25. The molecule has 1 aromatic heterocycles. The summed E-state index contributed by atoms with van der Waals surface area (Å²) in [6.45, 7) is 1.16. The lowest BCUT2D eigenvalue weighted by Crippen LogP contribution is -2.57. The molecule has 0 saturated carbocycles. The number of carbonyl (C=O) groups excluding carboxylic acids is 1. The summed E-state index contributed by atoms with van der Waals surface area (Å²) >= 11 is 0.980. The van der Waals surface area contributed by atoms with Gasteiger partial charge in [0.05, 0.1) is 5.69 Å². The van der Waals surface area contributed by atoms with Crippen molar-refractivity contribution >= 4 is 17.4 Å². The van der Waals surface area contributed by atoms with E-state index in [-0.39, 0.29) is 0 Å². The van der Waals surface area contributed by atoms with Crippen LogP contribution in [0.15, 0.2) is 36.4 Å². The first-order valence-electron chi connectivity index (χ1n) is 8.27. The van der Waals surface area contributed by atoms with Gasteiger partial charge >= 0.3 is 6.18 Å². The minimum atomic E-state index is -4.40. The van der Waals surface area contributed by atoms with Crippen LogP contribution in [-0.4, -0.2) is 60.1 Å². The Kier molecular flexibility index (Phi) is 5.90. The van der Waals surface area contributed by atoms with E-state index < -0.39 is 24.7 Å². The van der Waals surface area contributed by atoms with Gasteiger partial charge in [-0.15, -0.1) is 0 Å². The predicted molar refractivity (Wildman–Crippen MR) is 94.2 cm³/mol. The maximum Gasteiger partial charge on any atom is 0.405 e. The van der Waals surface area contributed by atoms with Crippen LogP contribution in [0, 0.1) is 0 Å². The Labute approximate surface area is 153 Å². The second-order valence-electron chi connectivity index (χ2n) is 6.00. The molecule has 0 spiro atoms. The van der Waals surface area contributed by atoms with Crippen molar-refractivity contribution in [2.45, 2.75) is 12.2 Å². The number of piperazine rings is 1. The molecule has 1 saturated heterocycles. The van der Waals surface area contributed by atoms with Gasteiger partial charge in [0.15, 0.2) is 0 Å². The minimum absolute atomic E-state index is 0.296. The van der Waals surface area contributed by atoms with Crippen LogP contribution in [0.4, 0.5) is 13.2 Å². The van der Waals surface area contributed by atoms with Crippen molar-refractivity contribution in [1.29, 1.82) is 0 Å². The van der Waals surface area contributed by atoms with E-state index in [0.717, 1.165) is 17.1 Å². The van der Waals surface area contributed by atoms with Gasteiger partial charge in [-0.1, -0.05) is 30.3 Å². The fraction of sp³-hybridized carbons (Fsp3) is 0.412. The van der Waals surface area contributed by atoms with Crippen LogP contribution in [0.25, 0.3) is 11.3 Å². The fourth-order valence-electron chi connectivity index (χ4n) is 2.85. The van der Waals surface area contributed by atoms with Gasteiger partial charge in [0.1, 0.15) is 10.9 Å². The summed E-state index contributed by atoms with van der Waals surface area (Å²) in [6.07, 6.45) is -4.40.